The first-order chi connectivity index (χ1) is 20.6. The Balaban J connectivity index is 1.16. The molecule has 0 radical (unpaired) electrons. The summed E-state index contributed by atoms with van der Waals surface area (Å²) in [6, 6.07) is 6.72. The van der Waals surface area contributed by atoms with Crippen molar-refractivity contribution in [3.8, 4) is 22.3 Å². The van der Waals surface area contributed by atoms with Gasteiger partial charge in [-0.15, -0.1) is 0 Å². The average molecular weight is 605 g/mol. The number of unbranched alkanes of at least 4 members (excludes halogenated alkanes) is 2. The van der Waals surface area contributed by atoms with Gasteiger partial charge in [0, 0.05) is 16.5 Å². The summed E-state index contributed by atoms with van der Waals surface area (Å²) < 4.78 is 104. The van der Waals surface area contributed by atoms with Gasteiger partial charge >= 0.3 is 5.97 Å². The van der Waals surface area contributed by atoms with E-state index in [4.69, 9.17) is 14.2 Å². The van der Waals surface area contributed by atoms with Gasteiger partial charge in [-0.3, -0.25) is 0 Å². The minimum Gasteiger partial charge on any atom is -0.323 e. The van der Waals surface area contributed by atoms with E-state index < -0.39 is 52.0 Å². The Labute approximate surface area is 247 Å². The maximum Gasteiger partial charge on any atom is 0.312 e. The molecular formula is C34H34F6O3. The highest BCUT2D eigenvalue weighted by Crippen LogP contribution is 2.52. The Bertz CT molecular complexity index is 1430. The standard InChI is InChI=1S/C34H34F6O3/c1-2-3-4-5-20-6-8-23(9-7-20)33-17-41-34(42-18-33,43-19-33)24-10-11-25(26(35)16-24)21-12-27(36)31(28(37)13-21)22-14-29(38)32(40)30(39)15-22/h10-16,20,23H,2-9,17-19H2,1H3. The molecule has 0 atom stereocenters. The zero-order valence-electron chi connectivity index (χ0n) is 24.0. The Hall–Kier alpha value is -2.88. The zero-order chi connectivity index (χ0) is 30.4. The van der Waals surface area contributed by atoms with Gasteiger partial charge in [0.25, 0.3) is 0 Å². The molecule has 3 aromatic carbocycles. The lowest BCUT2D eigenvalue weighted by atomic mass is 9.66. The molecule has 7 rings (SSSR count). The van der Waals surface area contributed by atoms with Crippen molar-refractivity contribution in [2.75, 3.05) is 19.8 Å². The van der Waals surface area contributed by atoms with Gasteiger partial charge in [0.1, 0.15) is 17.5 Å². The van der Waals surface area contributed by atoms with E-state index in [1.807, 2.05) is 0 Å². The van der Waals surface area contributed by atoms with Crippen molar-refractivity contribution in [1.29, 1.82) is 0 Å². The molecule has 0 spiro atoms. The first kappa shape index (κ1) is 30.2. The third-order valence-electron chi connectivity index (χ3n) is 9.53. The van der Waals surface area contributed by atoms with Gasteiger partial charge in [-0.1, -0.05) is 57.6 Å². The summed E-state index contributed by atoms with van der Waals surface area (Å²) in [7, 11) is 0. The lowest BCUT2D eigenvalue weighted by Gasteiger charge is -2.55. The number of fused-ring (bicyclic) bond motifs is 3. The number of benzene rings is 3. The molecule has 0 N–H and O–H groups in total. The van der Waals surface area contributed by atoms with Crippen LogP contribution >= 0.6 is 0 Å². The summed E-state index contributed by atoms with van der Waals surface area (Å²) in [6.07, 6.45) is 9.72. The van der Waals surface area contributed by atoms with Gasteiger partial charge in [-0.05, 0) is 66.1 Å². The Morgan fingerprint density at radius 3 is 1.81 bits per heavy atom. The van der Waals surface area contributed by atoms with Crippen LogP contribution in [0.3, 0.4) is 0 Å². The fourth-order valence-electron chi connectivity index (χ4n) is 6.96. The normalized spacial score (nSPS) is 27.0. The minimum absolute atomic E-state index is 0.113. The first-order valence-electron chi connectivity index (χ1n) is 15.0. The molecule has 1 aliphatic carbocycles. The number of hydrogen-bond acceptors (Lipinski definition) is 3. The van der Waals surface area contributed by atoms with E-state index in [0.717, 1.165) is 37.0 Å². The van der Waals surface area contributed by atoms with Crippen molar-refractivity contribution in [2.24, 2.45) is 17.3 Å². The molecule has 3 aromatic rings. The van der Waals surface area contributed by atoms with Crippen molar-refractivity contribution in [1.82, 2.24) is 0 Å². The number of rotatable bonds is 8. The molecule has 3 aliphatic heterocycles. The first-order valence-corrected chi connectivity index (χ1v) is 15.0. The number of halogens is 6. The molecule has 3 nitrogen and oxygen atoms in total. The van der Waals surface area contributed by atoms with Crippen LogP contribution in [0.25, 0.3) is 22.3 Å². The molecule has 4 fully saturated rings. The van der Waals surface area contributed by atoms with E-state index >= 15 is 4.39 Å². The molecule has 0 amide bonds. The lowest BCUT2D eigenvalue weighted by Crippen LogP contribution is -2.61. The van der Waals surface area contributed by atoms with Crippen LogP contribution in [0.5, 0.6) is 0 Å². The van der Waals surface area contributed by atoms with Crippen LogP contribution in [0, 0.1) is 52.2 Å². The SMILES string of the molecule is CCCCCC1CCC(C23COC(c4ccc(-c5cc(F)c(-c6cc(F)c(F)c(F)c6)c(F)c5)c(F)c4)(OC2)OC3)CC1. The quantitative estimate of drug-likeness (QED) is 0.146. The summed E-state index contributed by atoms with van der Waals surface area (Å²) in [5, 5.41) is 0. The van der Waals surface area contributed by atoms with Crippen LogP contribution in [0.15, 0.2) is 42.5 Å². The number of ether oxygens (including phenoxy) is 3. The van der Waals surface area contributed by atoms with Crippen molar-refractivity contribution in [3.63, 3.8) is 0 Å². The Morgan fingerprint density at radius 1 is 0.674 bits per heavy atom. The zero-order valence-corrected chi connectivity index (χ0v) is 24.0. The van der Waals surface area contributed by atoms with E-state index in [-0.39, 0.29) is 22.1 Å². The molecule has 230 valence electrons. The molecular weight excluding hydrogens is 570 g/mol. The fourth-order valence-corrected chi connectivity index (χ4v) is 6.96. The van der Waals surface area contributed by atoms with E-state index in [0.29, 0.717) is 37.9 Å². The third-order valence-corrected chi connectivity index (χ3v) is 9.53. The van der Waals surface area contributed by atoms with E-state index in [2.05, 4.69) is 6.92 Å². The molecule has 9 heteroatoms. The highest BCUT2D eigenvalue weighted by atomic mass is 19.2. The summed E-state index contributed by atoms with van der Waals surface area (Å²) in [4.78, 5) is 0. The van der Waals surface area contributed by atoms with Crippen molar-refractivity contribution in [3.05, 3.63) is 82.9 Å². The Kier molecular flexibility index (Phi) is 8.35. The van der Waals surface area contributed by atoms with E-state index in [9.17, 15) is 22.0 Å². The van der Waals surface area contributed by atoms with Crippen LogP contribution in [0.2, 0.25) is 0 Å². The maximum atomic E-state index is 15.4. The van der Waals surface area contributed by atoms with Crippen LogP contribution in [0.4, 0.5) is 26.3 Å². The smallest absolute Gasteiger partial charge is 0.312 e. The van der Waals surface area contributed by atoms with Gasteiger partial charge in [0.2, 0.25) is 0 Å². The van der Waals surface area contributed by atoms with Crippen molar-refractivity contribution in [2.45, 2.75) is 64.3 Å². The van der Waals surface area contributed by atoms with Crippen molar-refractivity contribution < 1.29 is 40.6 Å². The van der Waals surface area contributed by atoms with Crippen LogP contribution in [-0.4, -0.2) is 19.8 Å². The van der Waals surface area contributed by atoms with Crippen molar-refractivity contribution >= 4 is 0 Å². The summed E-state index contributed by atoms with van der Waals surface area (Å²) in [6.45, 7) is 3.53. The van der Waals surface area contributed by atoms with Crippen LogP contribution < -0.4 is 0 Å². The monoisotopic (exact) mass is 604 g/mol. The van der Waals surface area contributed by atoms with Gasteiger partial charge in [0.15, 0.2) is 17.5 Å². The maximum absolute atomic E-state index is 15.4. The molecule has 2 bridgehead atoms. The molecule has 1 saturated carbocycles. The largest absolute Gasteiger partial charge is 0.323 e. The average Bonchev–Trinajstić information content (AvgIpc) is 3.01. The Morgan fingerprint density at radius 2 is 1.26 bits per heavy atom. The fraction of sp³-hybridized carbons (Fsp3) is 0.471. The van der Waals surface area contributed by atoms with Gasteiger partial charge in [0.05, 0.1) is 25.4 Å². The predicted octanol–water partition coefficient (Wildman–Crippen LogP) is 9.42. The van der Waals surface area contributed by atoms with Crippen LogP contribution in [0.1, 0.15) is 63.9 Å². The molecule has 3 saturated heterocycles. The van der Waals surface area contributed by atoms with Crippen LogP contribution in [-0.2, 0) is 20.2 Å². The second-order valence-corrected chi connectivity index (χ2v) is 12.3. The number of hydrogen-bond donors (Lipinski definition) is 0. The third kappa shape index (κ3) is 5.60. The molecule has 4 aliphatic rings. The van der Waals surface area contributed by atoms with E-state index in [1.165, 1.54) is 50.7 Å². The van der Waals surface area contributed by atoms with Gasteiger partial charge < -0.3 is 14.2 Å². The summed E-state index contributed by atoms with van der Waals surface area (Å²) >= 11 is 0. The summed E-state index contributed by atoms with van der Waals surface area (Å²) in [5.41, 5.74) is -1.48. The second-order valence-electron chi connectivity index (χ2n) is 12.3. The highest BCUT2D eigenvalue weighted by molar-refractivity contribution is 5.72. The highest BCUT2D eigenvalue weighted by Gasteiger charge is 2.56. The predicted molar refractivity (Wildman–Crippen MR) is 149 cm³/mol. The molecule has 0 unspecified atom stereocenters. The van der Waals surface area contributed by atoms with Gasteiger partial charge in [-0.2, -0.15) is 0 Å². The molecule has 0 aromatic heterocycles. The minimum atomic E-state index is -1.75. The van der Waals surface area contributed by atoms with Gasteiger partial charge in [-0.25, -0.2) is 26.3 Å². The lowest BCUT2D eigenvalue weighted by molar-refractivity contribution is -0.486. The summed E-state index contributed by atoms with van der Waals surface area (Å²) in [5.74, 6) is -8.44. The molecule has 3 heterocycles. The molecule has 43 heavy (non-hydrogen) atoms. The topological polar surface area (TPSA) is 27.7 Å². The second kappa shape index (κ2) is 11.9. The van der Waals surface area contributed by atoms with E-state index in [1.54, 1.807) is 0 Å².